The maximum absolute atomic E-state index is 14.0. The summed E-state index contributed by atoms with van der Waals surface area (Å²) in [6.45, 7) is 1.80. The van der Waals surface area contributed by atoms with Crippen molar-refractivity contribution in [3.63, 3.8) is 0 Å². The van der Waals surface area contributed by atoms with Crippen LogP contribution < -0.4 is 16.3 Å². The minimum atomic E-state index is -0.689. The highest BCUT2D eigenvalue weighted by molar-refractivity contribution is 6.30. The highest BCUT2D eigenvalue weighted by atomic mass is 35.5. The lowest BCUT2D eigenvalue weighted by Crippen LogP contribution is -2.56. The van der Waals surface area contributed by atoms with E-state index in [0.717, 1.165) is 35.2 Å². The van der Waals surface area contributed by atoms with Crippen LogP contribution in [-0.4, -0.2) is 51.4 Å². The van der Waals surface area contributed by atoms with Gasteiger partial charge in [-0.25, -0.2) is 4.79 Å². The number of hydrogen-bond acceptors (Lipinski definition) is 4. The molecule has 2 aliphatic heterocycles. The number of amides is 2. The van der Waals surface area contributed by atoms with Crippen LogP contribution in [0.5, 0.6) is 0 Å². The molecule has 1 saturated heterocycles. The normalized spacial score (nSPS) is 17.7. The summed E-state index contributed by atoms with van der Waals surface area (Å²) in [7, 11) is 1.77. The van der Waals surface area contributed by atoms with Crippen LogP contribution in [0.15, 0.2) is 83.8 Å². The van der Waals surface area contributed by atoms with Crippen LogP contribution in [0.1, 0.15) is 41.0 Å². The summed E-state index contributed by atoms with van der Waals surface area (Å²) in [6.07, 6.45) is 4.31. The van der Waals surface area contributed by atoms with Gasteiger partial charge in [-0.15, -0.1) is 0 Å². The zero-order valence-electron chi connectivity index (χ0n) is 24.2. The molecular weight excluding hydrogens is 562 g/mol. The molecule has 43 heavy (non-hydrogen) atoms. The maximum Gasteiger partial charge on any atom is 0.325 e. The van der Waals surface area contributed by atoms with Crippen LogP contribution in [0.4, 0.5) is 0 Å². The topological polar surface area (TPSA) is 99.2 Å². The number of H-pyrrole nitrogens is 1. The van der Waals surface area contributed by atoms with E-state index in [0.29, 0.717) is 37.5 Å². The second kappa shape index (κ2) is 12.6. The van der Waals surface area contributed by atoms with Crippen molar-refractivity contribution in [2.45, 2.75) is 50.2 Å². The van der Waals surface area contributed by atoms with Crippen molar-refractivity contribution in [2.75, 3.05) is 13.1 Å². The minimum Gasteiger partial charge on any atom is -0.343 e. The van der Waals surface area contributed by atoms with E-state index in [9.17, 15) is 14.4 Å². The molecule has 1 fully saturated rings. The molecule has 2 aliphatic rings. The standard InChI is InChI=1S/C34H36ClN5O3/c1-39-31(21-37-34(39)43)28-9-5-4-8-27(28)23-14-16-40(17-15-23)33(42)30(18-22-10-12-26(35)13-11-22)38-32(41)29-19-24-6-2-3-7-25(24)20-36-29/h2-13,21,23,29-30,36H,14-20H2,1H3,(H,37,43)(H,38,41)/t29-,30+/m0/s1. The second-order valence-electron chi connectivity index (χ2n) is 11.5. The molecule has 2 amide bonds. The molecule has 0 unspecified atom stereocenters. The van der Waals surface area contributed by atoms with Gasteiger partial charge in [-0.1, -0.05) is 72.3 Å². The average molecular weight is 598 g/mol. The van der Waals surface area contributed by atoms with Gasteiger partial charge < -0.3 is 20.5 Å². The molecule has 8 nitrogen and oxygen atoms in total. The Bertz CT molecular complexity index is 1670. The summed E-state index contributed by atoms with van der Waals surface area (Å²) in [5.41, 5.74) is 6.20. The molecule has 9 heteroatoms. The molecule has 0 spiro atoms. The molecule has 4 aromatic rings. The Morgan fingerprint density at radius 2 is 1.67 bits per heavy atom. The summed E-state index contributed by atoms with van der Waals surface area (Å²) in [5, 5.41) is 7.07. The quantitative estimate of drug-likeness (QED) is 0.298. The Kier molecular flexibility index (Phi) is 8.49. The largest absolute Gasteiger partial charge is 0.343 e. The lowest BCUT2D eigenvalue weighted by atomic mass is 9.85. The molecule has 1 aromatic heterocycles. The average Bonchev–Trinajstić information content (AvgIpc) is 3.38. The van der Waals surface area contributed by atoms with Gasteiger partial charge in [0.15, 0.2) is 0 Å². The van der Waals surface area contributed by atoms with E-state index in [-0.39, 0.29) is 23.4 Å². The monoisotopic (exact) mass is 597 g/mol. The van der Waals surface area contributed by atoms with Gasteiger partial charge in [0.05, 0.1) is 11.7 Å². The third-order valence-corrected chi connectivity index (χ3v) is 9.10. The van der Waals surface area contributed by atoms with Gasteiger partial charge in [0.1, 0.15) is 6.04 Å². The number of likely N-dealkylation sites (tertiary alicyclic amines) is 1. The van der Waals surface area contributed by atoms with Crippen molar-refractivity contribution >= 4 is 23.4 Å². The van der Waals surface area contributed by atoms with Gasteiger partial charge in [-0.3, -0.25) is 14.2 Å². The van der Waals surface area contributed by atoms with Crippen LogP contribution in [0, 0.1) is 0 Å². The van der Waals surface area contributed by atoms with Crippen LogP contribution in [0.25, 0.3) is 11.3 Å². The van der Waals surface area contributed by atoms with E-state index in [4.69, 9.17) is 11.6 Å². The molecule has 0 bridgehead atoms. The number of rotatable bonds is 7. The van der Waals surface area contributed by atoms with E-state index in [1.54, 1.807) is 17.8 Å². The van der Waals surface area contributed by atoms with Gasteiger partial charge in [0, 0.05) is 49.9 Å². The predicted molar refractivity (Wildman–Crippen MR) is 168 cm³/mol. The first-order valence-electron chi connectivity index (χ1n) is 14.8. The zero-order valence-corrected chi connectivity index (χ0v) is 24.9. The summed E-state index contributed by atoms with van der Waals surface area (Å²) in [6, 6.07) is 22.6. The predicted octanol–water partition coefficient (Wildman–Crippen LogP) is 4.18. The van der Waals surface area contributed by atoms with E-state index in [1.165, 1.54) is 11.1 Å². The van der Waals surface area contributed by atoms with E-state index in [1.807, 2.05) is 59.5 Å². The lowest BCUT2D eigenvalue weighted by Gasteiger charge is -2.36. The Balaban J connectivity index is 1.16. The number of carbonyl (C=O) groups is 2. The van der Waals surface area contributed by atoms with Gasteiger partial charge in [-0.05, 0) is 59.6 Å². The second-order valence-corrected chi connectivity index (χ2v) is 12.0. The smallest absolute Gasteiger partial charge is 0.325 e. The number of hydrogen-bond donors (Lipinski definition) is 3. The maximum atomic E-state index is 14.0. The van der Waals surface area contributed by atoms with E-state index >= 15 is 0 Å². The third-order valence-electron chi connectivity index (χ3n) is 8.85. The van der Waals surface area contributed by atoms with Crippen molar-refractivity contribution in [3.05, 3.63) is 117 Å². The van der Waals surface area contributed by atoms with Crippen molar-refractivity contribution in [3.8, 4) is 11.3 Å². The van der Waals surface area contributed by atoms with Crippen LogP contribution in [0.3, 0.4) is 0 Å². The molecule has 0 saturated carbocycles. The number of aromatic nitrogens is 2. The van der Waals surface area contributed by atoms with Gasteiger partial charge in [0.25, 0.3) is 0 Å². The number of nitrogens with one attached hydrogen (secondary N) is 3. The molecule has 0 radical (unpaired) electrons. The number of benzene rings is 3. The van der Waals surface area contributed by atoms with E-state index in [2.05, 4.69) is 33.8 Å². The Hall–Kier alpha value is -4.14. The molecule has 6 rings (SSSR count). The number of nitrogens with zero attached hydrogens (tertiary/aromatic N) is 2. The Morgan fingerprint density at radius 3 is 2.40 bits per heavy atom. The first kappa shape index (κ1) is 29.0. The third kappa shape index (κ3) is 6.31. The highest BCUT2D eigenvalue weighted by Crippen LogP contribution is 2.35. The van der Waals surface area contributed by atoms with E-state index < -0.39 is 12.1 Å². The summed E-state index contributed by atoms with van der Waals surface area (Å²) >= 11 is 6.11. The SMILES string of the molecule is Cn1c(-c2ccccc2C2CCN(C(=O)[C@@H](Cc3ccc(Cl)cc3)NC(=O)[C@@H]3Cc4ccccc4CN3)CC2)c[nH]c1=O. The first-order valence-corrected chi connectivity index (χ1v) is 15.2. The Morgan fingerprint density at radius 1 is 0.977 bits per heavy atom. The summed E-state index contributed by atoms with van der Waals surface area (Å²) in [4.78, 5) is 44.2. The summed E-state index contributed by atoms with van der Waals surface area (Å²) in [5.74, 6) is 0.0167. The van der Waals surface area contributed by atoms with Crippen molar-refractivity contribution in [2.24, 2.45) is 7.05 Å². The molecule has 0 aliphatic carbocycles. The minimum absolute atomic E-state index is 0.0701. The van der Waals surface area contributed by atoms with Crippen molar-refractivity contribution in [1.82, 2.24) is 25.1 Å². The molecule has 3 aromatic carbocycles. The summed E-state index contributed by atoms with van der Waals surface area (Å²) < 4.78 is 1.63. The Labute approximate surface area is 256 Å². The lowest BCUT2D eigenvalue weighted by molar-refractivity contribution is -0.137. The molecule has 3 heterocycles. The fourth-order valence-corrected chi connectivity index (χ4v) is 6.50. The highest BCUT2D eigenvalue weighted by Gasteiger charge is 2.33. The molecular formula is C34H36ClN5O3. The van der Waals surface area contributed by atoms with Crippen LogP contribution in [0.2, 0.25) is 5.02 Å². The number of fused-ring (bicyclic) bond motifs is 1. The van der Waals surface area contributed by atoms with Gasteiger partial charge >= 0.3 is 5.69 Å². The van der Waals surface area contributed by atoms with Gasteiger partial charge in [0.2, 0.25) is 11.8 Å². The van der Waals surface area contributed by atoms with Crippen LogP contribution in [-0.2, 0) is 36.0 Å². The molecule has 2 atom stereocenters. The number of halogens is 1. The molecule has 222 valence electrons. The molecule has 3 N–H and O–H groups in total. The van der Waals surface area contributed by atoms with Gasteiger partial charge in [-0.2, -0.15) is 0 Å². The van der Waals surface area contributed by atoms with Crippen LogP contribution >= 0.6 is 11.6 Å². The first-order chi connectivity index (χ1) is 20.9. The fraction of sp³-hybridized carbons (Fsp3) is 0.324. The number of aromatic amines is 1. The number of carbonyl (C=O) groups excluding carboxylic acids is 2. The fourth-order valence-electron chi connectivity index (χ4n) is 6.38. The number of imidazole rings is 1. The van der Waals surface area contributed by atoms with Crippen molar-refractivity contribution < 1.29 is 9.59 Å². The number of piperidine rings is 1. The van der Waals surface area contributed by atoms with Crippen molar-refractivity contribution in [1.29, 1.82) is 0 Å². The zero-order chi connectivity index (χ0) is 29.9.